The second-order valence-electron chi connectivity index (χ2n) is 8.34. The average Bonchev–Trinajstić information content (AvgIpc) is 3.17. The number of aryl methyl sites for hydroxylation is 2. The minimum Gasteiger partial charge on any atom is -0.345 e. The smallest absolute Gasteiger partial charge is 0.273 e. The summed E-state index contributed by atoms with van der Waals surface area (Å²) in [4.78, 5) is 26.8. The fourth-order valence-corrected chi connectivity index (χ4v) is 4.97. The van der Waals surface area contributed by atoms with E-state index in [-0.39, 0.29) is 17.2 Å². The van der Waals surface area contributed by atoms with Gasteiger partial charge in [-0.1, -0.05) is 72.3 Å². The Kier molecular flexibility index (Phi) is 7.09. The number of thiazole rings is 1. The molecule has 1 heterocycles. The number of amides is 1. The monoisotopic (exact) mass is 479 g/mol. The lowest BCUT2D eigenvalue weighted by Crippen LogP contribution is -2.34. The Bertz CT molecular complexity index is 1590. The highest BCUT2D eigenvalue weighted by Gasteiger charge is 2.19. The first-order chi connectivity index (χ1) is 16.9. The molecule has 4 aromatic rings. The van der Waals surface area contributed by atoms with E-state index in [1.54, 1.807) is 12.1 Å². The Morgan fingerprint density at radius 1 is 1.03 bits per heavy atom. The zero-order chi connectivity index (χ0) is 24.9. The zero-order valence-corrected chi connectivity index (χ0v) is 20.6. The summed E-state index contributed by atoms with van der Waals surface area (Å²) >= 11 is 1.15. The van der Waals surface area contributed by atoms with Gasteiger partial charge in [-0.2, -0.15) is 5.26 Å². The maximum absolute atomic E-state index is 13.5. The molecule has 0 radical (unpaired) electrons. The number of nitrogens with one attached hydrogen (secondary N) is 1. The molecule has 1 aromatic heterocycles. The molecule has 0 fully saturated rings. The van der Waals surface area contributed by atoms with Gasteiger partial charge in [0.05, 0.1) is 16.3 Å². The van der Waals surface area contributed by atoms with Crippen molar-refractivity contribution in [3.63, 3.8) is 0 Å². The number of nitrogens with zero attached hydrogens (tertiary/aromatic N) is 2. The van der Waals surface area contributed by atoms with Crippen LogP contribution in [0.2, 0.25) is 0 Å². The highest BCUT2D eigenvalue weighted by Crippen LogP contribution is 2.13. The molecule has 1 amide bonds. The fourth-order valence-electron chi connectivity index (χ4n) is 3.88. The molecule has 174 valence electrons. The van der Waals surface area contributed by atoms with Crippen molar-refractivity contribution in [1.82, 2.24) is 9.88 Å². The molecule has 0 saturated heterocycles. The second-order valence-corrected chi connectivity index (χ2v) is 9.38. The van der Waals surface area contributed by atoms with Gasteiger partial charge in [-0.15, -0.1) is 11.3 Å². The molecule has 4 rings (SSSR count). The van der Waals surface area contributed by atoms with Crippen LogP contribution in [0.3, 0.4) is 0 Å². The predicted octanol–water partition coefficient (Wildman–Crippen LogP) is 3.90. The highest BCUT2D eigenvalue weighted by atomic mass is 32.1. The number of hydrogen-bond donors (Lipinski definition) is 1. The van der Waals surface area contributed by atoms with Crippen LogP contribution < -0.4 is 20.1 Å². The van der Waals surface area contributed by atoms with E-state index in [2.05, 4.69) is 11.4 Å². The summed E-state index contributed by atoms with van der Waals surface area (Å²) in [5.74, 6) is -0.521. The van der Waals surface area contributed by atoms with Gasteiger partial charge in [0.2, 0.25) is 0 Å². The molecular weight excluding hydrogens is 454 g/mol. The maximum atomic E-state index is 13.5. The van der Waals surface area contributed by atoms with E-state index >= 15 is 0 Å². The fraction of sp³-hybridized carbons (Fsp3) is 0.138. The Labute approximate surface area is 207 Å². The van der Waals surface area contributed by atoms with Crippen molar-refractivity contribution in [2.45, 2.75) is 26.8 Å². The number of carbonyl (C=O) groups excluding carboxylic acids is 1. The number of aromatic nitrogens is 1. The lowest BCUT2D eigenvalue weighted by molar-refractivity contribution is -0.116. The van der Waals surface area contributed by atoms with Gasteiger partial charge in [0.15, 0.2) is 5.57 Å². The third-order valence-electron chi connectivity index (χ3n) is 5.75. The van der Waals surface area contributed by atoms with E-state index in [4.69, 9.17) is 0 Å². The van der Waals surface area contributed by atoms with Crippen LogP contribution in [-0.2, 0) is 4.79 Å². The Morgan fingerprint density at radius 3 is 2.31 bits per heavy atom. The van der Waals surface area contributed by atoms with Crippen LogP contribution in [0, 0.1) is 25.2 Å². The van der Waals surface area contributed by atoms with Crippen LogP contribution >= 0.6 is 11.3 Å². The number of carbonyl (C=O) groups is 1. The zero-order valence-electron chi connectivity index (χ0n) is 19.8. The second kappa shape index (κ2) is 10.4. The number of nitriles is 1. The van der Waals surface area contributed by atoms with Crippen molar-refractivity contribution in [1.29, 1.82) is 5.26 Å². The number of rotatable bonds is 5. The average molecular weight is 480 g/mol. The molecule has 0 spiro atoms. The van der Waals surface area contributed by atoms with E-state index in [1.165, 1.54) is 4.57 Å². The lowest BCUT2D eigenvalue weighted by Gasteiger charge is -2.13. The summed E-state index contributed by atoms with van der Waals surface area (Å²) in [7, 11) is 0. The van der Waals surface area contributed by atoms with E-state index in [9.17, 15) is 14.9 Å². The molecule has 0 bridgehead atoms. The summed E-state index contributed by atoms with van der Waals surface area (Å²) in [6, 6.07) is 26.4. The molecule has 5 nitrogen and oxygen atoms in total. The van der Waals surface area contributed by atoms with Gasteiger partial charge in [-0.05, 0) is 55.7 Å². The molecule has 0 aliphatic rings. The van der Waals surface area contributed by atoms with Gasteiger partial charge >= 0.3 is 0 Å². The number of hydrogen-bond acceptors (Lipinski definition) is 4. The van der Waals surface area contributed by atoms with Crippen LogP contribution in [0.15, 0.2) is 83.7 Å². The minimum atomic E-state index is -0.521. The topological polar surface area (TPSA) is 74.9 Å². The standard InChI is InChI=1S/C29H25N3O2S/c1-19-14-15-23(20(2)16-19)17-26-28(34)32(24-12-8-5-9-13-24)29(35-26)25(18-30)27(33)31-21(3)22-10-6-4-7-11-22/h4-17,21H,1-3H3,(H,31,33)/b26-17+,29-25+. The minimum absolute atomic E-state index is 0.0981. The van der Waals surface area contributed by atoms with Gasteiger partial charge < -0.3 is 5.32 Å². The van der Waals surface area contributed by atoms with E-state index in [0.29, 0.717) is 14.9 Å². The lowest BCUT2D eigenvalue weighted by atomic mass is 10.1. The summed E-state index contributed by atoms with van der Waals surface area (Å²) in [6.45, 7) is 5.88. The highest BCUT2D eigenvalue weighted by molar-refractivity contribution is 7.07. The Balaban J connectivity index is 1.91. The molecule has 1 atom stereocenters. The first kappa shape index (κ1) is 23.9. The van der Waals surface area contributed by atoms with Crippen LogP contribution in [0.1, 0.15) is 35.2 Å². The van der Waals surface area contributed by atoms with Crippen LogP contribution in [0.5, 0.6) is 0 Å². The van der Waals surface area contributed by atoms with Crippen molar-refractivity contribution in [2.24, 2.45) is 0 Å². The van der Waals surface area contributed by atoms with Crippen LogP contribution in [0.25, 0.3) is 17.3 Å². The van der Waals surface area contributed by atoms with E-state index in [1.807, 2.05) is 93.6 Å². The molecule has 0 aliphatic heterocycles. The molecule has 0 aliphatic carbocycles. The van der Waals surface area contributed by atoms with Gasteiger partial charge in [0, 0.05) is 0 Å². The largest absolute Gasteiger partial charge is 0.345 e. The van der Waals surface area contributed by atoms with Gasteiger partial charge in [0.25, 0.3) is 11.5 Å². The quantitative estimate of drug-likeness (QED) is 0.472. The van der Waals surface area contributed by atoms with Crippen molar-refractivity contribution in [2.75, 3.05) is 0 Å². The first-order valence-electron chi connectivity index (χ1n) is 11.3. The Hall–Kier alpha value is -4.21. The van der Waals surface area contributed by atoms with Crippen LogP contribution in [-0.4, -0.2) is 10.5 Å². The summed E-state index contributed by atoms with van der Waals surface area (Å²) in [6.07, 6.45) is 1.82. The summed E-state index contributed by atoms with van der Waals surface area (Å²) in [5.41, 5.74) is 4.25. The third kappa shape index (κ3) is 5.16. The molecule has 35 heavy (non-hydrogen) atoms. The van der Waals surface area contributed by atoms with Crippen molar-refractivity contribution in [3.8, 4) is 11.8 Å². The third-order valence-corrected chi connectivity index (χ3v) is 6.84. The first-order valence-corrected chi connectivity index (χ1v) is 12.1. The molecule has 0 saturated carbocycles. The molecule has 1 N–H and O–H groups in total. The number of benzene rings is 3. The normalized spacial score (nSPS) is 13.1. The summed E-state index contributed by atoms with van der Waals surface area (Å²) in [5, 5.41) is 12.9. The van der Waals surface area contributed by atoms with Gasteiger partial charge in [-0.25, -0.2) is 0 Å². The van der Waals surface area contributed by atoms with Crippen molar-refractivity contribution < 1.29 is 4.79 Å². The van der Waals surface area contributed by atoms with E-state index < -0.39 is 5.91 Å². The molecule has 3 aromatic carbocycles. The maximum Gasteiger partial charge on any atom is 0.273 e. The molecule has 6 heteroatoms. The van der Waals surface area contributed by atoms with Crippen LogP contribution in [0.4, 0.5) is 0 Å². The Morgan fingerprint density at radius 2 is 1.69 bits per heavy atom. The number of para-hydroxylation sites is 1. The predicted molar refractivity (Wildman–Crippen MR) is 141 cm³/mol. The SMILES string of the molecule is Cc1ccc(/C=c2/s/c(=C(\C#N)C(=O)NC(C)c3ccccc3)n(-c3ccccc3)c2=O)c(C)c1. The van der Waals surface area contributed by atoms with Crippen molar-refractivity contribution >= 4 is 28.9 Å². The molecule has 1 unspecified atom stereocenters. The van der Waals surface area contributed by atoms with Crippen molar-refractivity contribution in [3.05, 3.63) is 121 Å². The van der Waals surface area contributed by atoms with Gasteiger partial charge in [-0.3, -0.25) is 14.2 Å². The molecular formula is C29H25N3O2S. The van der Waals surface area contributed by atoms with Gasteiger partial charge in [0.1, 0.15) is 10.7 Å². The van der Waals surface area contributed by atoms with E-state index in [0.717, 1.165) is 33.6 Å². The summed E-state index contributed by atoms with van der Waals surface area (Å²) < 4.78 is 2.20.